The van der Waals surface area contributed by atoms with Gasteiger partial charge in [-0.15, -0.1) is 0 Å². The Bertz CT molecular complexity index is 697. The molecule has 0 atom stereocenters. The smallest absolute Gasteiger partial charge is 0.255 e. The number of halogens is 2. The lowest BCUT2D eigenvalue weighted by Gasteiger charge is -2.30. The van der Waals surface area contributed by atoms with E-state index in [-0.39, 0.29) is 11.7 Å². The fraction of sp³-hybridized carbons (Fsp3) is 0.278. The number of carbonyl (C=O) groups is 1. The highest BCUT2D eigenvalue weighted by atomic mass is 35.5. The van der Waals surface area contributed by atoms with E-state index in [1.54, 1.807) is 30.3 Å². The third kappa shape index (κ3) is 3.82. The summed E-state index contributed by atoms with van der Waals surface area (Å²) in [5, 5.41) is 3.39. The van der Waals surface area contributed by atoms with Crippen molar-refractivity contribution in [3.63, 3.8) is 0 Å². The molecule has 1 saturated heterocycles. The van der Waals surface area contributed by atoms with Crippen LogP contribution in [0.25, 0.3) is 0 Å². The molecule has 0 unspecified atom stereocenters. The molecular weight excluding hydrogens is 315 g/mol. The van der Waals surface area contributed by atoms with Crippen LogP contribution in [0, 0.1) is 5.82 Å². The number of nitrogens with one attached hydrogen (secondary N) is 1. The van der Waals surface area contributed by atoms with E-state index in [4.69, 9.17) is 11.6 Å². The third-order valence-corrected chi connectivity index (χ3v) is 4.26. The summed E-state index contributed by atoms with van der Waals surface area (Å²) in [5.74, 6) is -0.636. The first-order valence-corrected chi connectivity index (χ1v) is 8.13. The van der Waals surface area contributed by atoms with Crippen molar-refractivity contribution in [2.24, 2.45) is 0 Å². The average Bonchev–Trinajstić information content (AvgIpc) is 2.56. The highest BCUT2D eigenvalue weighted by molar-refractivity contribution is 6.30. The summed E-state index contributed by atoms with van der Waals surface area (Å²) in [6.07, 6.45) is 3.44. The van der Waals surface area contributed by atoms with Crippen molar-refractivity contribution in [1.29, 1.82) is 0 Å². The molecule has 0 aromatic heterocycles. The zero-order chi connectivity index (χ0) is 16.2. The molecule has 1 amide bonds. The number of hydrogen-bond donors (Lipinski definition) is 1. The number of carbonyl (C=O) groups excluding carboxylic acids is 1. The fourth-order valence-corrected chi connectivity index (χ4v) is 2.94. The minimum absolute atomic E-state index is 0.273. The Hall–Kier alpha value is -2.07. The van der Waals surface area contributed by atoms with Crippen molar-refractivity contribution in [3.05, 3.63) is 58.9 Å². The highest BCUT2D eigenvalue weighted by Crippen LogP contribution is 2.29. The van der Waals surface area contributed by atoms with Gasteiger partial charge >= 0.3 is 0 Å². The molecule has 0 radical (unpaired) electrons. The van der Waals surface area contributed by atoms with Crippen molar-refractivity contribution in [1.82, 2.24) is 0 Å². The predicted molar refractivity (Wildman–Crippen MR) is 91.9 cm³/mol. The molecule has 2 aromatic rings. The van der Waals surface area contributed by atoms with Crippen LogP contribution in [0.15, 0.2) is 42.5 Å². The number of anilines is 2. The van der Waals surface area contributed by atoms with Gasteiger partial charge in [0.05, 0.1) is 11.4 Å². The first-order chi connectivity index (χ1) is 11.1. The first-order valence-electron chi connectivity index (χ1n) is 7.75. The van der Waals surface area contributed by atoms with Crippen LogP contribution in [-0.4, -0.2) is 19.0 Å². The SMILES string of the molecule is O=C(Nc1cc(F)ccc1N1CCCCC1)c1ccc(Cl)cc1. The fourth-order valence-electron chi connectivity index (χ4n) is 2.81. The van der Waals surface area contributed by atoms with E-state index in [0.717, 1.165) is 31.6 Å². The molecule has 0 spiro atoms. The van der Waals surface area contributed by atoms with Crippen molar-refractivity contribution >= 4 is 28.9 Å². The van der Waals surface area contributed by atoms with Crippen molar-refractivity contribution < 1.29 is 9.18 Å². The second-order valence-electron chi connectivity index (χ2n) is 5.67. The molecule has 1 fully saturated rings. The second kappa shape index (κ2) is 7.01. The van der Waals surface area contributed by atoms with E-state index in [9.17, 15) is 9.18 Å². The molecule has 1 heterocycles. The maximum absolute atomic E-state index is 13.6. The predicted octanol–water partition coefficient (Wildman–Crippen LogP) is 4.72. The minimum atomic E-state index is -0.364. The topological polar surface area (TPSA) is 32.3 Å². The molecule has 2 aromatic carbocycles. The quantitative estimate of drug-likeness (QED) is 0.882. The molecule has 1 aliphatic heterocycles. The molecule has 1 aliphatic rings. The van der Waals surface area contributed by atoms with Gasteiger partial charge in [0.2, 0.25) is 0 Å². The lowest BCUT2D eigenvalue weighted by Crippen LogP contribution is -2.30. The summed E-state index contributed by atoms with van der Waals surface area (Å²) in [4.78, 5) is 14.6. The van der Waals surface area contributed by atoms with Gasteiger partial charge in [-0.2, -0.15) is 0 Å². The Morgan fingerprint density at radius 2 is 1.74 bits per heavy atom. The number of hydrogen-bond acceptors (Lipinski definition) is 2. The van der Waals surface area contributed by atoms with Crippen LogP contribution in [0.1, 0.15) is 29.6 Å². The van der Waals surface area contributed by atoms with Gasteiger partial charge in [0, 0.05) is 23.7 Å². The van der Waals surface area contributed by atoms with Gasteiger partial charge in [0.1, 0.15) is 5.82 Å². The van der Waals surface area contributed by atoms with E-state index in [0.29, 0.717) is 16.3 Å². The van der Waals surface area contributed by atoms with Crippen LogP contribution in [0.2, 0.25) is 5.02 Å². The number of piperidine rings is 1. The minimum Gasteiger partial charge on any atom is -0.370 e. The van der Waals surface area contributed by atoms with Gasteiger partial charge < -0.3 is 10.2 Å². The second-order valence-corrected chi connectivity index (χ2v) is 6.11. The van der Waals surface area contributed by atoms with Crippen molar-refractivity contribution in [2.45, 2.75) is 19.3 Å². The third-order valence-electron chi connectivity index (χ3n) is 4.01. The van der Waals surface area contributed by atoms with E-state index in [1.807, 2.05) is 0 Å². The number of rotatable bonds is 3. The monoisotopic (exact) mass is 332 g/mol. The Kier molecular flexibility index (Phi) is 4.82. The summed E-state index contributed by atoms with van der Waals surface area (Å²) < 4.78 is 13.6. The Morgan fingerprint density at radius 1 is 1.04 bits per heavy atom. The Balaban J connectivity index is 1.84. The average molecular weight is 333 g/mol. The van der Waals surface area contributed by atoms with E-state index in [1.165, 1.54) is 18.6 Å². The van der Waals surface area contributed by atoms with Gasteiger partial charge in [-0.25, -0.2) is 4.39 Å². The molecule has 3 rings (SSSR count). The molecule has 0 saturated carbocycles. The number of benzene rings is 2. The molecule has 3 nitrogen and oxygen atoms in total. The summed E-state index contributed by atoms with van der Waals surface area (Å²) in [7, 11) is 0. The zero-order valence-corrected chi connectivity index (χ0v) is 13.4. The zero-order valence-electron chi connectivity index (χ0n) is 12.7. The number of nitrogens with zero attached hydrogens (tertiary/aromatic N) is 1. The highest BCUT2D eigenvalue weighted by Gasteiger charge is 2.17. The van der Waals surface area contributed by atoms with Crippen molar-refractivity contribution in [2.75, 3.05) is 23.3 Å². The van der Waals surface area contributed by atoms with Crippen LogP contribution < -0.4 is 10.2 Å². The molecular formula is C18H18ClFN2O. The van der Waals surface area contributed by atoms with Gasteiger partial charge in [-0.3, -0.25) is 4.79 Å². The summed E-state index contributed by atoms with van der Waals surface area (Å²) >= 11 is 5.84. The molecule has 1 N–H and O–H groups in total. The maximum atomic E-state index is 13.6. The van der Waals surface area contributed by atoms with E-state index in [2.05, 4.69) is 10.2 Å². The Morgan fingerprint density at radius 3 is 2.43 bits per heavy atom. The van der Waals surface area contributed by atoms with Gasteiger partial charge in [0.15, 0.2) is 0 Å². The largest absolute Gasteiger partial charge is 0.370 e. The molecule has 0 aliphatic carbocycles. The normalized spacial score (nSPS) is 14.6. The van der Waals surface area contributed by atoms with Crippen LogP contribution in [0.4, 0.5) is 15.8 Å². The summed E-state index contributed by atoms with van der Waals surface area (Å²) in [6, 6.07) is 11.2. The van der Waals surface area contributed by atoms with Crippen molar-refractivity contribution in [3.8, 4) is 0 Å². The van der Waals surface area contributed by atoms with Gasteiger partial charge in [0.25, 0.3) is 5.91 Å². The molecule has 0 bridgehead atoms. The maximum Gasteiger partial charge on any atom is 0.255 e. The Labute approximate surface area is 140 Å². The standard InChI is InChI=1S/C18H18ClFN2O/c19-14-6-4-13(5-7-14)18(23)21-16-12-15(20)8-9-17(16)22-10-2-1-3-11-22/h4-9,12H,1-3,10-11H2,(H,21,23). The van der Waals surface area contributed by atoms with Crippen LogP contribution in [0.3, 0.4) is 0 Å². The van der Waals surface area contributed by atoms with E-state index >= 15 is 0 Å². The number of amides is 1. The lowest BCUT2D eigenvalue weighted by atomic mass is 10.1. The molecule has 5 heteroatoms. The van der Waals surface area contributed by atoms with E-state index < -0.39 is 0 Å². The first kappa shape index (κ1) is 15.8. The van der Waals surface area contributed by atoms with Crippen LogP contribution in [-0.2, 0) is 0 Å². The van der Waals surface area contributed by atoms with Gasteiger partial charge in [-0.05, 0) is 61.7 Å². The van der Waals surface area contributed by atoms with Crippen LogP contribution in [0.5, 0.6) is 0 Å². The molecule has 23 heavy (non-hydrogen) atoms. The van der Waals surface area contributed by atoms with Crippen LogP contribution >= 0.6 is 11.6 Å². The lowest BCUT2D eigenvalue weighted by molar-refractivity contribution is 0.102. The summed E-state index contributed by atoms with van der Waals surface area (Å²) in [5.41, 5.74) is 1.86. The summed E-state index contributed by atoms with van der Waals surface area (Å²) in [6.45, 7) is 1.85. The van der Waals surface area contributed by atoms with Gasteiger partial charge in [-0.1, -0.05) is 11.6 Å². The molecule has 120 valence electrons.